The highest BCUT2D eigenvalue weighted by molar-refractivity contribution is 7.93. The van der Waals surface area contributed by atoms with E-state index >= 15 is 0 Å². The van der Waals surface area contributed by atoms with Crippen molar-refractivity contribution in [2.45, 2.75) is 47.0 Å². The zero-order chi connectivity index (χ0) is 21.7. The van der Waals surface area contributed by atoms with Gasteiger partial charge < -0.3 is 9.63 Å². The van der Waals surface area contributed by atoms with Crippen LogP contribution < -0.4 is 4.72 Å². The van der Waals surface area contributed by atoms with E-state index in [0.29, 0.717) is 16.9 Å². The number of aromatic hydroxyl groups is 1. The summed E-state index contributed by atoms with van der Waals surface area (Å²) in [6.45, 7) is 8.05. The second kappa shape index (κ2) is 9.41. The number of rotatable bonds is 7. The summed E-state index contributed by atoms with van der Waals surface area (Å²) in [5.74, 6) is -0.205. The van der Waals surface area contributed by atoms with Gasteiger partial charge in [-0.2, -0.15) is 0 Å². The number of sulfonamides is 1. The summed E-state index contributed by atoms with van der Waals surface area (Å²) in [7, 11) is -1.99. The first kappa shape index (κ1) is 22.9. The molecular weight excluding hydrogens is 388 g/mol. The van der Waals surface area contributed by atoms with E-state index in [1.165, 1.54) is 13.2 Å². The lowest BCUT2D eigenvalue weighted by molar-refractivity contribution is 0.277. The Balaban J connectivity index is 2.22. The van der Waals surface area contributed by atoms with Gasteiger partial charge in [0.05, 0.1) is 16.7 Å². The van der Waals surface area contributed by atoms with Crippen molar-refractivity contribution in [3.05, 3.63) is 63.8 Å². The quantitative estimate of drug-likeness (QED) is 0.617. The molecule has 0 radical (unpaired) electrons. The lowest BCUT2D eigenvalue weighted by Gasteiger charge is -2.33. The monoisotopic (exact) mass is 418 g/mol. The molecule has 1 aromatic heterocycles. The fraction of sp³-hybridized carbons (Fsp3) is 0.409. The lowest BCUT2D eigenvalue weighted by Crippen LogP contribution is -2.28. The summed E-state index contributed by atoms with van der Waals surface area (Å²) < 4.78 is 31.9. The van der Waals surface area contributed by atoms with E-state index in [1.807, 2.05) is 44.2 Å². The molecule has 0 saturated heterocycles. The standard InChI is InChI=1S/C22H30N2O4S/c1-16(8-6-9-17(2)14-18-15-24-28-21(18)25)11-12-19-20(29(26,27)23-5)10-7-13-22(19,3)4/h6,8-9,11-12,14-15,23,25H,7,10,13H2,1-5H3/b9-6+,12-11+,16-8+,17-14+. The molecule has 0 saturated carbocycles. The first-order valence-corrected chi connectivity index (χ1v) is 11.1. The van der Waals surface area contributed by atoms with Crippen LogP contribution in [0.4, 0.5) is 0 Å². The van der Waals surface area contributed by atoms with Crippen LogP contribution >= 0.6 is 0 Å². The molecule has 1 heterocycles. The molecule has 158 valence electrons. The topological polar surface area (TPSA) is 92.4 Å². The van der Waals surface area contributed by atoms with Crippen LogP contribution in [0.25, 0.3) is 6.08 Å². The van der Waals surface area contributed by atoms with Crippen molar-refractivity contribution in [2.75, 3.05) is 7.05 Å². The zero-order valence-electron chi connectivity index (χ0n) is 17.7. The molecule has 0 atom stereocenters. The molecule has 0 aliphatic heterocycles. The van der Waals surface area contributed by atoms with Crippen molar-refractivity contribution in [1.82, 2.24) is 9.88 Å². The average Bonchev–Trinajstić information content (AvgIpc) is 3.04. The van der Waals surface area contributed by atoms with Gasteiger partial charge in [0.15, 0.2) is 0 Å². The maximum absolute atomic E-state index is 12.4. The molecule has 29 heavy (non-hydrogen) atoms. The second-order valence-electron chi connectivity index (χ2n) is 7.86. The average molecular weight is 419 g/mol. The van der Waals surface area contributed by atoms with Crippen LogP contribution in [-0.4, -0.2) is 25.7 Å². The van der Waals surface area contributed by atoms with Crippen LogP contribution in [0.15, 0.2) is 62.7 Å². The third-order valence-electron chi connectivity index (χ3n) is 5.02. The van der Waals surface area contributed by atoms with Gasteiger partial charge in [0, 0.05) is 0 Å². The Labute approximate surface area is 173 Å². The van der Waals surface area contributed by atoms with Crippen LogP contribution in [-0.2, 0) is 10.0 Å². The molecule has 2 rings (SSSR count). The molecule has 0 spiro atoms. The number of allylic oxidation sites excluding steroid dienone is 9. The first-order valence-electron chi connectivity index (χ1n) is 9.59. The van der Waals surface area contributed by atoms with E-state index in [1.54, 1.807) is 6.08 Å². The van der Waals surface area contributed by atoms with E-state index < -0.39 is 10.0 Å². The number of hydrogen-bond acceptors (Lipinski definition) is 5. The maximum atomic E-state index is 12.4. The fourth-order valence-electron chi connectivity index (χ4n) is 3.31. The first-order chi connectivity index (χ1) is 13.6. The minimum Gasteiger partial charge on any atom is -0.479 e. The molecule has 0 aromatic carbocycles. The van der Waals surface area contributed by atoms with Crippen LogP contribution in [0.3, 0.4) is 0 Å². The van der Waals surface area contributed by atoms with Gasteiger partial charge in [-0.05, 0) is 57.2 Å². The number of nitrogens with zero attached hydrogens (tertiary/aromatic N) is 1. The van der Waals surface area contributed by atoms with Gasteiger partial charge in [-0.1, -0.05) is 60.5 Å². The molecule has 7 heteroatoms. The van der Waals surface area contributed by atoms with Crippen LogP contribution in [0, 0.1) is 5.41 Å². The molecule has 2 N–H and O–H groups in total. The molecule has 0 fully saturated rings. The highest BCUT2D eigenvalue weighted by atomic mass is 32.2. The highest BCUT2D eigenvalue weighted by Crippen LogP contribution is 2.42. The van der Waals surface area contributed by atoms with Crippen molar-refractivity contribution in [2.24, 2.45) is 5.41 Å². The molecule has 1 aliphatic rings. The van der Waals surface area contributed by atoms with E-state index in [-0.39, 0.29) is 11.4 Å². The van der Waals surface area contributed by atoms with Gasteiger partial charge in [0.1, 0.15) is 0 Å². The molecule has 0 unspecified atom stereocenters. The summed E-state index contributed by atoms with van der Waals surface area (Å²) in [5, 5.41) is 13.0. The van der Waals surface area contributed by atoms with E-state index in [4.69, 9.17) is 0 Å². The number of nitrogens with one attached hydrogen (secondary N) is 1. The minimum atomic E-state index is -3.44. The van der Waals surface area contributed by atoms with Gasteiger partial charge in [-0.15, -0.1) is 0 Å². The van der Waals surface area contributed by atoms with E-state index in [9.17, 15) is 13.5 Å². The molecule has 6 nitrogen and oxygen atoms in total. The summed E-state index contributed by atoms with van der Waals surface area (Å²) in [5.41, 5.74) is 3.13. The van der Waals surface area contributed by atoms with Crippen molar-refractivity contribution in [1.29, 1.82) is 0 Å². The largest absolute Gasteiger partial charge is 0.479 e. The summed E-state index contributed by atoms with van der Waals surface area (Å²) >= 11 is 0. The van der Waals surface area contributed by atoms with Gasteiger partial charge in [-0.3, -0.25) is 0 Å². The smallest absolute Gasteiger partial charge is 0.316 e. The third-order valence-corrected chi connectivity index (χ3v) is 6.63. The molecule has 1 aromatic rings. The van der Waals surface area contributed by atoms with Crippen molar-refractivity contribution in [3.8, 4) is 5.95 Å². The maximum Gasteiger partial charge on any atom is 0.316 e. The Bertz CT molecular complexity index is 990. The minimum absolute atomic E-state index is 0.190. The molecule has 0 amide bonds. The normalized spacial score (nSPS) is 18.9. The van der Waals surface area contributed by atoms with Gasteiger partial charge >= 0.3 is 5.95 Å². The summed E-state index contributed by atoms with van der Waals surface area (Å²) in [4.78, 5) is 0.489. The molecule has 1 aliphatic carbocycles. The predicted molar refractivity (Wildman–Crippen MR) is 116 cm³/mol. The van der Waals surface area contributed by atoms with Crippen LogP contribution in [0.1, 0.15) is 52.5 Å². The molecular formula is C22H30N2O4S. The van der Waals surface area contributed by atoms with Gasteiger partial charge in [0.25, 0.3) is 0 Å². The third kappa shape index (κ3) is 6.05. The summed E-state index contributed by atoms with van der Waals surface area (Å²) in [6.07, 6.45) is 15.2. The van der Waals surface area contributed by atoms with Crippen molar-refractivity contribution in [3.63, 3.8) is 0 Å². The van der Waals surface area contributed by atoms with E-state index in [2.05, 4.69) is 28.2 Å². The van der Waals surface area contributed by atoms with Crippen molar-refractivity contribution < 1.29 is 18.0 Å². The lowest BCUT2D eigenvalue weighted by atomic mass is 9.75. The highest BCUT2D eigenvalue weighted by Gasteiger charge is 2.33. The Morgan fingerprint density at radius 1 is 1.28 bits per heavy atom. The van der Waals surface area contributed by atoms with E-state index in [0.717, 1.165) is 29.6 Å². The van der Waals surface area contributed by atoms with Crippen molar-refractivity contribution >= 4 is 16.1 Å². The van der Waals surface area contributed by atoms with Gasteiger partial charge in [-0.25, -0.2) is 13.1 Å². The number of hydrogen-bond donors (Lipinski definition) is 2. The zero-order valence-corrected chi connectivity index (χ0v) is 18.5. The Morgan fingerprint density at radius 3 is 2.62 bits per heavy atom. The van der Waals surface area contributed by atoms with Crippen LogP contribution in [0.5, 0.6) is 5.95 Å². The molecule has 0 bridgehead atoms. The SMILES string of the molecule is CNS(=O)(=O)C1=C(/C=C/C(C)=C/C=C/C(C)=C/c2cnoc2O)C(C)(C)CCC1. The number of aromatic nitrogens is 1. The Morgan fingerprint density at radius 2 is 2.00 bits per heavy atom. The van der Waals surface area contributed by atoms with Gasteiger partial charge in [0.2, 0.25) is 10.0 Å². The summed E-state index contributed by atoms with van der Waals surface area (Å²) in [6, 6.07) is 0. The fourth-order valence-corrected chi connectivity index (χ4v) is 4.61. The van der Waals surface area contributed by atoms with Crippen LogP contribution in [0.2, 0.25) is 0 Å². The Kier molecular flexibility index (Phi) is 7.43. The second-order valence-corrected chi connectivity index (χ2v) is 9.77. The predicted octanol–water partition coefficient (Wildman–Crippen LogP) is 4.86. The Hall–Kier alpha value is -2.38.